The average molecular weight is 415 g/mol. The number of allylic oxidation sites excluding steroid dienone is 4. The van der Waals surface area contributed by atoms with Crippen LogP contribution >= 0.6 is 0 Å². The minimum atomic E-state index is -0.928. The molecular weight excluding hydrogens is 370 g/mol. The Kier molecular flexibility index (Phi) is 15.9. The number of aliphatic carboxylic acids is 1. The molecule has 3 atom stereocenters. The van der Waals surface area contributed by atoms with Crippen LogP contribution in [0.4, 0.5) is 0 Å². The highest BCUT2D eigenvalue weighted by molar-refractivity contribution is 5.72. The minimum Gasteiger partial charge on any atom is -0.477 e. The Morgan fingerprint density at radius 3 is 1.76 bits per heavy atom. The lowest BCUT2D eigenvalue weighted by atomic mass is 10.0. The van der Waals surface area contributed by atoms with Crippen LogP contribution in [0.2, 0.25) is 0 Å². The first kappa shape index (κ1) is 27.8. The van der Waals surface area contributed by atoms with Crippen LogP contribution in [0, 0.1) is 0 Å². The number of hydrogen-bond donors (Lipinski definition) is 4. The van der Waals surface area contributed by atoms with Crippen molar-refractivity contribution >= 4 is 5.97 Å². The van der Waals surface area contributed by atoms with E-state index in [0.29, 0.717) is 25.7 Å². The van der Waals surface area contributed by atoms with E-state index in [1.165, 1.54) is 0 Å². The third kappa shape index (κ3) is 11.5. The number of carboxylic acids is 1. The predicted molar refractivity (Wildman–Crippen MR) is 118 cm³/mol. The number of unbranched alkanes of at least 4 members (excludes halogenated alkanes) is 2. The average Bonchev–Trinajstić information content (AvgIpc) is 2.66. The summed E-state index contributed by atoms with van der Waals surface area (Å²) in [5, 5.41) is 41.0. The Morgan fingerprint density at radius 2 is 1.41 bits per heavy atom. The number of rotatable bonds is 18. The van der Waals surface area contributed by atoms with Crippen molar-refractivity contribution in [3.05, 3.63) is 24.3 Å². The molecule has 0 aromatic heterocycles. The summed E-state index contributed by atoms with van der Waals surface area (Å²) in [6.07, 6.45) is 12.4. The molecular formula is C23H44NO5+. The van der Waals surface area contributed by atoms with E-state index in [0.717, 1.165) is 25.7 Å². The Morgan fingerprint density at radius 1 is 0.931 bits per heavy atom. The van der Waals surface area contributed by atoms with Gasteiger partial charge in [0.2, 0.25) is 0 Å². The number of carbonyl (C=O) groups is 1. The minimum absolute atomic E-state index is 0.0231. The predicted octanol–water partition coefficient (Wildman–Crippen LogP) is 3.26. The molecule has 0 bridgehead atoms. The summed E-state index contributed by atoms with van der Waals surface area (Å²) in [4.78, 5) is 12.1. The van der Waals surface area contributed by atoms with E-state index in [2.05, 4.69) is 0 Å². The van der Waals surface area contributed by atoms with Crippen molar-refractivity contribution in [1.29, 1.82) is 0 Å². The second-order valence-electron chi connectivity index (χ2n) is 7.98. The van der Waals surface area contributed by atoms with E-state index in [9.17, 15) is 25.2 Å². The smallest absolute Gasteiger partial charge is 0.362 e. The number of aliphatic hydroxyl groups excluding tert-OH is 3. The fraction of sp³-hybridized carbons (Fsp3) is 0.783. The number of carboxylic acid groups (broad SMARTS) is 1. The number of hydrogen-bond acceptors (Lipinski definition) is 4. The molecule has 0 fully saturated rings. The summed E-state index contributed by atoms with van der Waals surface area (Å²) in [6.45, 7) is 6.36. The van der Waals surface area contributed by atoms with Crippen LogP contribution in [0.5, 0.6) is 0 Å². The normalized spacial score (nSPS) is 17.4. The Hall–Kier alpha value is -1.21. The number of aliphatic hydroxyl groups is 3. The molecule has 6 heteroatoms. The summed E-state index contributed by atoms with van der Waals surface area (Å²) in [6, 6.07) is -0.748. The molecule has 0 rings (SSSR count). The molecule has 0 aromatic rings. The second kappa shape index (κ2) is 16.6. The largest absolute Gasteiger partial charge is 0.477 e. The molecule has 170 valence electrons. The van der Waals surface area contributed by atoms with Gasteiger partial charge in [0.05, 0.1) is 6.61 Å². The van der Waals surface area contributed by atoms with Crippen LogP contribution < -0.4 is 0 Å². The van der Waals surface area contributed by atoms with Gasteiger partial charge in [0.15, 0.2) is 6.04 Å². The van der Waals surface area contributed by atoms with Gasteiger partial charge in [-0.3, -0.25) is 0 Å². The zero-order valence-corrected chi connectivity index (χ0v) is 18.7. The maximum atomic E-state index is 12.1. The van der Waals surface area contributed by atoms with Crippen LogP contribution in [0.25, 0.3) is 0 Å². The van der Waals surface area contributed by atoms with Gasteiger partial charge in [-0.2, -0.15) is 0 Å². The monoisotopic (exact) mass is 414 g/mol. The van der Waals surface area contributed by atoms with E-state index in [-0.39, 0.29) is 30.7 Å². The van der Waals surface area contributed by atoms with Gasteiger partial charge in [-0.1, -0.05) is 31.2 Å². The Labute approximate surface area is 177 Å². The Bertz CT molecular complexity index is 452. The molecule has 0 spiro atoms. The van der Waals surface area contributed by atoms with Gasteiger partial charge in [-0.15, -0.1) is 0 Å². The highest BCUT2D eigenvalue weighted by atomic mass is 16.4. The molecule has 0 amide bonds. The first-order valence-electron chi connectivity index (χ1n) is 11.1. The van der Waals surface area contributed by atoms with Gasteiger partial charge in [0.1, 0.15) is 31.8 Å². The topological polar surface area (TPSA) is 98.0 Å². The van der Waals surface area contributed by atoms with Gasteiger partial charge in [-0.05, 0) is 58.8 Å². The number of nitrogens with zero attached hydrogens (tertiary/aromatic N) is 1. The molecule has 0 heterocycles. The van der Waals surface area contributed by atoms with Crippen molar-refractivity contribution in [1.82, 2.24) is 0 Å². The van der Waals surface area contributed by atoms with Crippen molar-refractivity contribution in [2.75, 3.05) is 26.2 Å². The molecule has 0 aliphatic heterocycles. The van der Waals surface area contributed by atoms with Gasteiger partial charge in [0.25, 0.3) is 0 Å². The van der Waals surface area contributed by atoms with Crippen molar-refractivity contribution < 1.29 is 29.7 Å². The summed E-state index contributed by atoms with van der Waals surface area (Å²) >= 11 is 0. The molecule has 6 nitrogen and oxygen atoms in total. The molecule has 0 aromatic carbocycles. The fourth-order valence-corrected chi connectivity index (χ4v) is 4.07. The molecule has 0 aliphatic carbocycles. The summed E-state index contributed by atoms with van der Waals surface area (Å²) in [5.41, 5.74) is 0. The summed E-state index contributed by atoms with van der Waals surface area (Å²) in [7, 11) is 0. The van der Waals surface area contributed by atoms with Gasteiger partial charge < -0.3 is 24.9 Å². The van der Waals surface area contributed by atoms with Crippen molar-refractivity contribution in [3.8, 4) is 0 Å². The summed E-state index contributed by atoms with van der Waals surface area (Å²) in [5.74, 6) is -0.928. The van der Waals surface area contributed by atoms with Gasteiger partial charge in [0, 0.05) is 6.42 Å². The van der Waals surface area contributed by atoms with E-state index >= 15 is 0 Å². The van der Waals surface area contributed by atoms with Crippen molar-refractivity contribution in [2.24, 2.45) is 0 Å². The van der Waals surface area contributed by atoms with Crippen LogP contribution in [0.15, 0.2) is 24.3 Å². The SMILES string of the molecule is C/C=C/CCCC(O)C[N+](CCO)(CC(O)CCC/C=C/C)C(CCC)C(=O)O. The maximum absolute atomic E-state index is 12.1. The molecule has 0 radical (unpaired) electrons. The molecule has 0 saturated carbocycles. The van der Waals surface area contributed by atoms with Crippen LogP contribution in [0.3, 0.4) is 0 Å². The van der Waals surface area contributed by atoms with Crippen molar-refractivity contribution in [2.45, 2.75) is 90.4 Å². The maximum Gasteiger partial charge on any atom is 0.362 e. The lowest BCUT2D eigenvalue weighted by molar-refractivity contribution is -0.949. The first-order chi connectivity index (χ1) is 13.9. The summed E-state index contributed by atoms with van der Waals surface area (Å²) < 4.78 is 0.0231. The van der Waals surface area contributed by atoms with E-state index in [1.807, 2.05) is 45.1 Å². The standard InChI is InChI=1S/C23H43NO5/c1-4-7-9-11-14-20(26)18-24(16-17-25,22(13-6-3)23(28)29)19-21(27)15-12-10-8-5-2/h4-5,7-8,20-22,25-27H,6,9-19H2,1-3H3/p+1/b7-4+,8-5+. The third-order valence-corrected chi connectivity index (χ3v) is 5.49. The molecule has 29 heavy (non-hydrogen) atoms. The van der Waals surface area contributed by atoms with Crippen LogP contribution in [0.1, 0.15) is 72.1 Å². The van der Waals surface area contributed by atoms with Crippen molar-refractivity contribution in [3.63, 3.8) is 0 Å². The fourth-order valence-electron chi connectivity index (χ4n) is 4.07. The molecule has 0 aliphatic rings. The number of quaternary nitrogens is 1. The zero-order chi connectivity index (χ0) is 22.1. The lowest BCUT2D eigenvalue weighted by Crippen LogP contribution is -2.64. The van der Waals surface area contributed by atoms with E-state index < -0.39 is 24.2 Å². The zero-order valence-electron chi connectivity index (χ0n) is 18.7. The molecule has 3 unspecified atom stereocenters. The quantitative estimate of drug-likeness (QED) is 0.157. The van der Waals surface area contributed by atoms with Gasteiger partial charge >= 0.3 is 5.97 Å². The lowest BCUT2D eigenvalue weighted by Gasteiger charge is -2.45. The third-order valence-electron chi connectivity index (χ3n) is 5.49. The Balaban J connectivity index is 5.43. The van der Waals surface area contributed by atoms with Crippen LogP contribution in [-0.2, 0) is 4.79 Å². The highest BCUT2D eigenvalue weighted by Crippen LogP contribution is 2.23. The second-order valence-corrected chi connectivity index (χ2v) is 7.98. The molecule has 0 saturated heterocycles. The van der Waals surface area contributed by atoms with Crippen LogP contribution in [-0.4, -0.2) is 75.4 Å². The van der Waals surface area contributed by atoms with E-state index in [4.69, 9.17) is 0 Å². The highest BCUT2D eigenvalue weighted by Gasteiger charge is 2.43. The first-order valence-corrected chi connectivity index (χ1v) is 11.1. The molecule has 4 N–H and O–H groups in total. The van der Waals surface area contributed by atoms with Gasteiger partial charge in [-0.25, -0.2) is 4.79 Å². The van der Waals surface area contributed by atoms with E-state index in [1.54, 1.807) is 0 Å².